The van der Waals surface area contributed by atoms with Gasteiger partial charge in [0, 0.05) is 0 Å². The van der Waals surface area contributed by atoms with E-state index in [1.54, 1.807) is 0 Å². The molecule has 5 heteroatoms. The molecule has 0 bridgehead atoms. The molecule has 0 saturated heterocycles. The average Bonchev–Trinajstić information content (AvgIpc) is 1.65. The number of rotatable bonds is 2. The molecule has 0 aromatic rings. The molecular formula is C2H5AsO4. The van der Waals surface area contributed by atoms with Crippen LogP contribution in [0.15, 0.2) is 0 Å². The summed E-state index contributed by atoms with van der Waals surface area (Å²) in [7, 11) is 0. The molecule has 0 rings (SSSR count). The fourth-order valence-corrected chi connectivity index (χ4v) is 0.351. The van der Waals surface area contributed by atoms with Crippen LogP contribution in [0.25, 0.3) is 0 Å². The van der Waals surface area contributed by atoms with E-state index in [9.17, 15) is 8.53 Å². The first-order valence-corrected chi connectivity index (χ1v) is 4.40. The van der Waals surface area contributed by atoms with Crippen molar-refractivity contribution in [2.75, 3.05) is 6.61 Å². The Morgan fingerprint density at radius 3 is 2.14 bits per heavy atom. The van der Waals surface area contributed by atoms with Gasteiger partial charge in [-0.2, -0.15) is 0 Å². The molecule has 1 atom stereocenters. The Morgan fingerprint density at radius 2 is 2.14 bits per heavy atom. The third-order valence-corrected chi connectivity index (χ3v) is 1.71. The fourth-order valence-electron chi connectivity index (χ4n) is 0.0676. The van der Waals surface area contributed by atoms with Gasteiger partial charge < -0.3 is 0 Å². The minimum absolute atomic E-state index is 0.810. The summed E-state index contributed by atoms with van der Waals surface area (Å²) in [5.41, 5.74) is 0. The number of carbonyl (C=O) groups excluding carboxylic acids is 1. The van der Waals surface area contributed by atoms with Gasteiger partial charge in [0.2, 0.25) is 0 Å². The predicted octanol–water partition coefficient (Wildman–Crippen LogP) is -2.27. The summed E-state index contributed by atoms with van der Waals surface area (Å²) in [6.45, 7) is -0.810. The van der Waals surface area contributed by atoms with Gasteiger partial charge in [-0.3, -0.25) is 0 Å². The molecule has 42 valence electrons. The van der Waals surface area contributed by atoms with E-state index in [4.69, 9.17) is 9.20 Å². The van der Waals surface area contributed by atoms with E-state index in [2.05, 4.69) is 0 Å². The van der Waals surface area contributed by atoms with Crippen molar-refractivity contribution in [3.8, 4) is 0 Å². The standard InChI is InChI=1S/C2H5AsO4/c4-1-2(5)3(6)7/h3-4H,1H2,(H,6,7). The van der Waals surface area contributed by atoms with E-state index in [1.165, 1.54) is 0 Å². The summed E-state index contributed by atoms with van der Waals surface area (Å²) in [6, 6.07) is 0. The third-order valence-electron chi connectivity index (χ3n) is 0.382. The second-order valence-electron chi connectivity index (χ2n) is 0.886. The van der Waals surface area contributed by atoms with Gasteiger partial charge in [0.15, 0.2) is 0 Å². The number of aliphatic hydroxyl groups is 1. The van der Waals surface area contributed by atoms with E-state index in [0.717, 1.165) is 0 Å². The molecule has 1 unspecified atom stereocenters. The van der Waals surface area contributed by atoms with Gasteiger partial charge in [0.25, 0.3) is 0 Å². The predicted molar refractivity (Wildman–Crippen MR) is 22.1 cm³/mol. The van der Waals surface area contributed by atoms with Gasteiger partial charge in [0.05, 0.1) is 0 Å². The third kappa shape index (κ3) is 2.62. The summed E-state index contributed by atoms with van der Waals surface area (Å²) >= 11 is -3.63. The van der Waals surface area contributed by atoms with Crippen molar-refractivity contribution in [2.45, 2.75) is 0 Å². The van der Waals surface area contributed by atoms with Crippen LogP contribution in [-0.4, -0.2) is 35.3 Å². The molecule has 4 nitrogen and oxygen atoms in total. The second-order valence-corrected chi connectivity index (χ2v) is 3.34. The Kier molecular flexibility index (Phi) is 2.99. The fraction of sp³-hybridized carbons (Fsp3) is 0.500. The Balaban J connectivity index is 3.58. The van der Waals surface area contributed by atoms with E-state index in [0.29, 0.717) is 0 Å². The van der Waals surface area contributed by atoms with Gasteiger partial charge in [0.1, 0.15) is 0 Å². The molecule has 0 amide bonds. The normalized spacial score (nSPS) is 13.4. The van der Waals surface area contributed by atoms with Crippen LogP contribution in [0.4, 0.5) is 0 Å². The van der Waals surface area contributed by atoms with Gasteiger partial charge in [-0.1, -0.05) is 0 Å². The molecule has 0 radical (unpaired) electrons. The molecule has 0 aliphatic rings. The van der Waals surface area contributed by atoms with Crippen LogP contribution < -0.4 is 0 Å². The monoisotopic (exact) mass is 168 g/mol. The van der Waals surface area contributed by atoms with Crippen LogP contribution in [0.3, 0.4) is 0 Å². The van der Waals surface area contributed by atoms with Gasteiger partial charge in [-0.15, -0.1) is 0 Å². The maximum absolute atomic E-state index is 9.77. The SMILES string of the molecule is O=C(CO)[AsH](=O)O. The van der Waals surface area contributed by atoms with Crippen molar-refractivity contribution < 1.29 is 17.7 Å². The Hall–Kier alpha value is -0.0516. The van der Waals surface area contributed by atoms with E-state index < -0.39 is 26.1 Å². The Labute approximate surface area is 44.6 Å². The first kappa shape index (κ1) is 6.95. The summed E-state index contributed by atoms with van der Waals surface area (Å²) in [5, 5.41) is 7.84. The molecule has 2 N–H and O–H groups in total. The minimum atomic E-state index is -3.63. The van der Waals surface area contributed by atoms with Crippen LogP contribution in [-0.2, 0) is 8.53 Å². The summed E-state index contributed by atoms with van der Waals surface area (Å²) in [4.78, 5) is 9.77. The zero-order valence-corrected chi connectivity index (χ0v) is 5.52. The number of hydrogen-bond donors (Lipinski definition) is 2. The molecule has 0 fully saturated rings. The molecule has 0 saturated carbocycles. The number of hydrogen-bond acceptors (Lipinski definition) is 3. The van der Waals surface area contributed by atoms with Gasteiger partial charge >= 0.3 is 43.8 Å². The molecule has 0 aliphatic carbocycles. The molecule has 0 aliphatic heterocycles. The van der Waals surface area contributed by atoms with Crippen molar-refractivity contribution in [3.63, 3.8) is 0 Å². The van der Waals surface area contributed by atoms with Crippen LogP contribution >= 0.6 is 0 Å². The summed E-state index contributed by atoms with van der Waals surface area (Å²) < 4.78 is 16.7. The maximum atomic E-state index is 9.77. The van der Waals surface area contributed by atoms with Crippen molar-refractivity contribution in [1.82, 2.24) is 0 Å². The number of carbonyl (C=O) groups is 1. The molecule has 7 heavy (non-hydrogen) atoms. The topological polar surface area (TPSA) is 74.6 Å². The summed E-state index contributed by atoms with van der Waals surface area (Å²) in [6.07, 6.45) is 0. The molecular weight excluding hydrogens is 163 g/mol. The van der Waals surface area contributed by atoms with Gasteiger partial charge in [-0.25, -0.2) is 0 Å². The Bertz CT molecular complexity index is 97.9. The quantitative estimate of drug-likeness (QED) is 0.456. The molecule has 0 spiro atoms. The zero-order valence-electron chi connectivity index (χ0n) is 3.42. The van der Waals surface area contributed by atoms with E-state index in [1.807, 2.05) is 0 Å². The van der Waals surface area contributed by atoms with Crippen molar-refractivity contribution >= 4 is 19.5 Å². The van der Waals surface area contributed by atoms with E-state index in [-0.39, 0.29) is 0 Å². The van der Waals surface area contributed by atoms with Crippen LogP contribution in [0.2, 0.25) is 0 Å². The van der Waals surface area contributed by atoms with Crippen molar-refractivity contribution in [3.05, 3.63) is 0 Å². The molecule has 0 aromatic carbocycles. The van der Waals surface area contributed by atoms with Crippen LogP contribution in [0, 0.1) is 0 Å². The summed E-state index contributed by atoms with van der Waals surface area (Å²) in [5.74, 6) is 0. The molecule has 0 aromatic heterocycles. The van der Waals surface area contributed by atoms with Crippen LogP contribution in [0.5, 0.6) is 0 Å². The zero-order chi connectivity index (χ0) is 5.86. The average molecular weight is 168 g/mol. The first-order chi connectivity index (χ1) is 3.18. The number of aliphatic hydroxyl groups excluding tert-OH is 1. The molecule has 0 heterocycles. The van der Waals surface area contributed by atoms with Crippen molar-refractivity contribution in [1.29, 1.82) is 0 Å². The van der Waals surface area contributed by atoms with Crippen LogP contribution in [0.1, 0.15) is 0 Å². The van der Waals surface area contributed by atoms with Crippen molar-refractivity contribution in [2.24, 2.45) is 0 Å². The second kappa shape index (κ2) is 3.02. The van der Waals surface area contributed by atoms with E-state index >= 15 is 0 Å². The Morgan fingerprint density at radius 1 is 1.71 bits per heavy atom. The first-order valence-electron chi connectivity index (χ1n) is 1.55. The van der Waals surface area contributed by atoms with Gasteiger partial charge in [-0.05, 0) is 0 Å².